The maximum atomic E-state index is 13.9. The highest BCUT2D eigenvalue weighted by molar-refractivity contribution is 6.99. The van der Waals surface area contributed by atoms with E-state index in [-0.39, 0.29) is 36.4 Å². The van der Waals surface area contributed by atoms with Crippen LogP contribution in [0.3, 0.4) is 0 Å². The van der Waals surface area contributed by atoms with Gasteiger partial charge in [-0.3, -0.25) is 4.79 Å². The van der Waals surface area contributed by atoms with E-state index in [1.807, 2.05) is 36.4 Å². The van der Waals surface area contributed by atoms with E-state index in [0.717, 1.165) is 0 Å². The first-order chi connectivity index (χ1) is 15.6. The number of hydrogen-bond acceptors (Lipinski definition) is 3. The number of alkyl halides is 2. The van der Waals surface area contributed by atoms with E-state index in [2.05, 4.69) is 50.4 Å². The lowest BCUT2D eigenvalue weighted by molar-refractivity contribution is -0.143. The Balaban J connectivity index is 1.61. The van der Waals surface area contributed by atoms with Crippen molar-refractivity contribution in [3.63, 3.8) is 0 Å². The number of likely N-dealkylation sites (tertiary alicyclic amines) is 1. The minimum Gasteiger partial charge on any atom is -0.404 e. The van der Waals surface area contributed by atoms with Crippen LogP contribution in [-0.4, -0.2) is 56.8 Å². The van der Waals surface area contributed by atoms with Crippen molar-refractivity contribution < 1.29 is 18.0 Å². The Morgan fingerprint density at radius 1 is 1.03 bits per heavy atom. The Morgan fingerprint density at radius 3 is 2.09 bits per heavy atom. The number of hydrogen-bond donors (Lipinski definition) is 1. The minimum absolute atomic E-state index is 0.0892. The number of amides is 1. The molecule has 2 atom stereocenters. The lowest BCUT2D eigenvalue weighted by atomic mass is 9.98. The number of nitrogens with zero attached hydrogens (tertiary/aromatic N) is 1. The van der Waals surface area contributed by atoms with Gasteiger partial charge >= 0.3 is 0 Å². The Hall–Kier alpha value is -2.09. The number of piperidine rings is 2. The Morgan fingerprint density at radius 2 is 1.61 bits per heavy atom. The normalized spacial score (nSPS) is 24.0. The van der Waals surface area contributed by atoms with Crippen LogP contribution in [0.5, 0.6) is 0 Å². The molecule has 1 amide bonds. The zero-order chi connectivity index (χ0) is 23.7. The molecule has 2 aromatic rings. The van der Waals surface area contributed by atoms with Crippen molar-refractivity contribution in [1.29, 1.82) is 0 Å². The first kappa shape index (κ1) is 24.0. The maximum Gasteiger partial charge on any atom is 0.262 e. The summed E-state index contributed by atoms with van der Waals surface area (Å²) in [4.78, 5) is 14.8. The van der Waals surface area contributed by atoms with Crippen molar-refractivity contribution >= 4 is 24.6 Å². The molecule has 33 heavy (non-hydrogen) atoms. The molecule has 178 valence electrons. The van der Waals surface area contributed by atoms with Crippen LogP contribution in [0.15, 0.2) is 60.7 Å². The molecule has 1 unspecified atom stereocenters. The van der Waals surface area contributed by atoms with Gasteiger partial charge < -0.3 is 14.6 Å². The quantitative estimate of drug-likeness (QED) is 0.677. The number of benzene rings is 2. The van der Waals surface area contributed by atoms with Crippen LogP contribution >= 0.6 is 0 Å². The molecule has 2 saturated heterocycles. The monoisotopic (exact) mass is 472 g/mol. The first-order valence-electron chi connectivity index (χ1n) is 11.8. The fourth-order valence-electron chi connectivity index (χ4n) is 5.38. The van der Waals surface area contributed by atoms with Gasteiger partial charge in [0.25, 0.3) is 14.2 Å². The Kier molecular flexibility index (Phi) is 6.76. The van der Waals surface area contributed by atoms with Crippen LogP contribution in [0.4, 0.5) is 8.78 Å². The molecule has 4 nitrogen and oxygen atoms in total. The average molecular weight is 473 g/mol. The number of rotatable bonds is 5. The summed E-state index contributed by atoms with van der Waals surface area (Å²) in [6.45, 7) is 7.20. The van der Waals surface area contributed by atoms with E-state index in [1.54, 1.807) is 4.90 Å². The van der Waals surface area contributed by atoms with Gasteiger partial charge in [-0.2, -0.15) is 0 Å². The molecular weight excluding hydrogens is 438 g/mol. The largest absolute Gasteiger partial charge is 0.404 e. The highest BCUT2D eigenvalue weighted by Crippen LogP contribution is 2.39. The molecule has 2 heterocycles. The number of carbonyl (C=O) groups is 1. The maximum absolute atomic E-state index is 13.9. The highest BCUT2D eigenvalue weighted by Gasteiger charge is 2.52. The number of halogens is 2. The summed E-state index contributed by atoms with van der Waals surface area (Å²) >= 11 is 0. The molecule has 7 heteroatoms. The topological polar surface area (TPSA) is 41.6 Å². The van der Waals surface area contributed by atoms with E-state index in [9.17, 15) is 13.6 Å². The summed E-state index contributed by atoms with van der Waals surface area (Å²) in [5, 5.41) is 4.96. The molecule has 0 saturated carbocycles. The highest BCUT2D eigenvalue weighted by atomic mass is 28.4. The average Bonchev–Trinajstić information content (AvgIpc) is 2.77. The summed E-state index contributed by atoms with van der Waals surface area (Å²) in [5.74, 6) is -2.86. The molecule has 0 radical (unpaired) electrons. The molecule has 0 aromatic heterocycles. The van der Waals surface area contributed by atoms with E-state index >= 15 is 0 Å². The summed E-state index contributed by atoms with van der Waals surface area (Å²) in [7, 11) is -2.75. The number of nitrogens with one attached hydrogen (secondary N) is 1. The first-order valence-corrected chi connectivity index (χ1v) is 13.7. The lowest BCUT2D eigenvalue weighted by Crippen LogP contribution is -2.68. The van der Waals surface area contributed by atoms with Crippen molar-refractivity contribution in [2.24, 2.45) is 0 Å². The molecule has 2 aromatic carbocycles. The van der Waals surface area contributed by atoms with E-state index < -0.39 is 20.3 Å². The summed E-state index contributed by atoms with van der Waals surface area (Å²) in [6.07, 6.45) is 0.369. The van der Waals surface area contributed by atoms with Gasteiger partial charge in [-0.15, -0.1) is 0 Å². The van der Waals surface area contributed by atoms with Gasteiger partial charge in [0.2, 0.25) is 5.91 Å². The van der Waals surface area contributed by atoms with E-state index in [0.29, 0.717) is 19.5 Å². The fraction of sp³-hybridized carbons (Fsp3) is 0.500. The summed E-state index contributed by atoms with van der Waals surface area (Å²) < 4.78 is 34.9. The molecule has 1 N–H and O–H groups in total. The standard InChI is InChI=1S/C26H34F2N2O2Si/c1-25(2,3)33(22-10-6-4-7-11-22,23-12-8-5-9-13-23)32-21-14-15-30(24(31)16-21)20-17-26(27,28)19-29-18-20/h4-13,20-21,29H,14-19H2,1-3H3/t20-,21?/m1/s1. The van der Waals surface area contributed by atoms with Crippen LogP contribution in [0.2, 0.25) is 5.04 Å². The summed E-state index contributed by atoms with van der Waals surface area (Å²) in [5.41, 5.74) is 0. The second-order valence-corrected chi connectivity index (χ2v) is 14.6. The molecule has 0 spiro atoms. The molecule has 0 bridgehead atoms. The molecular formula is C26H34F2N2O2Si. The van der Waals surface area contributed by atoms with Crippen molar-refractivity contribution in [2.45, 2.75) is 63.1 Å². The predicted octanol–water partition coefficient (Wildman–Crippen LogP) is 3.55. The molecule has 2 aliphatic rings. The molecule has 2 aliphatic heterocycles. The van der Waals surface area contributed by atoms with Crippen LogP contribution in [0, 0.1) is 0 Å². The SMILES string of the molecule is CC(C)(C)[Si](OC1CCN([C@H]2CNCC(F)(F)C2)C(=O)C1)(c1ccccc1)c1ccccc1. The molecule has 2 fully saturated rings. The second-order valence-electron chi connectivity index (χ2n) is 10.3. The molecule has 0 aliphatic carbocycles. The zero-order valence-corrected chi connectivity index (χ0v) is 20.7. The predicted molar refractivity (Wildman–Crippen MR) is 130 cm³/mol. The van der Waals surface area contributed by atoms with Crippen molar-refractivity contribution in [1.82, 2.24) is 10.2 Å². The van der Waals surface area contributed by atoms with Gasteiger partial charge in [-0.25, -0.2) is 8.78 Å². The van der Waals surface area contributed by atoms with Crippen LogP contribution in [-0.2, 0) is 9.22 Å². The smallest absolute Gasteiger partial charge is 0.262 e. The Bertz CT molecular complexity index is 910. The molecule has 4 rings (SSSR count). The fourth-order valence-corrected chi connectivity index (χ4v) is 10.1. The van der Waals surface area contributed by atoms with Gasteiger partial charge in [0, 0.05) is 25.6 Å². The zero-order valence-electron chi connectivity index (χ0n) is 19.7. The van der Waals surface area contributed by atoms with Crippen LogP contribution in [0.1, 0.15) is 40.0 Å². The second kappa shape index (κ2) is 9.28. The van der Waals surface area contributed by atoms with Gasteiger partial charge in [0.1, 0.15) is 0 Å². The van der Waals surface area contributed by atoms with Crippen molar-refractivity contribution in [3.8, 4) is 0 Å². The van der Waals surface area contributed by atoms with Crippen molar-refractivity contribution in [2.75, 3.05) is 19.6 Å². The van der Waals surface area contributed by atoms with Crippen LogP contribution in [0.25, 0.3) is 0 Å². The van der Waals surface area contributed by atoms with Crippen molar-refractivity contribution in [3.05, 3.63) is 60.7 Å². The van der Waals surface area contributed by atoms with Crippen LogP contribution < -0.4 is 15.7 Å². The minimum atomic E-state index is -2.77. The van der Waals surface area contributed by atoms with E-state index in [1.165, 1.54) is 10.4 Å². The lowest BCUT2D eigenvalue weighted by Gasteiger charge is -2.47. The Labute approximate surface area is 196 Å². The van der Waals surface area contributed by atoms with E-state index in [4.69, 9.17) is 4.43 Å². The van der Waals surface area contributed by atoms with Gasteiger partial charge in [-0.1, -0.05) is 81.4 Å². The van der Waals surface area contributed by atoms with Gasteiger partial charge in [0.15, 0.2) is 0 Å². The van der Waals surface area contributed by atoms with Gasteiger partial charge in [-0.05, 0) is 21.8 Å². The third kappa shape index (κ3) is 4.91. The van der Waals surface area contributed by atoms with Gasteiger partial charge in [0.05, 0.1) is 19.1 Å². The third-order valence-electron chi connectivity index (χ3n) is 6.91. The summed E-state index contributed by atoms with van der Waals surface area (Å²) in [6, 6.07) is 20.3. The third-order valence-corrected chi connectivity index (χ3v) is 12.0. The number of carbonyl (C=O) groups excluding carboxylic acids is 1.